The second kappa shape index (κ2) is 14.2. The molecule has 3 saturated carbocycles. The summed E-state index contributed by atoms with van der Waals surface area (Å²) in [6, 6.07) is 4.31. The number of ether oxygens (including phenoxy) is 1. The third-order valence-corrected chi connectivity index (χ3v) is 14.4. The Balaban J connectivity index is 1.09. The van der Waals surface area contributed by atoms with Crippen LogP contribution in [0.4, 0.5) is 9.93 Å². The number of fused-ring (bicyclic) bond motifs is 5. The van der Waals surface area contributed by atoms with Gasteiger partial charge in [-0.3, -0.25) is 24.0 Å². The molecule has 53 heavy (non-hydrogen) atoms. The minimum absolute atomic E-state index is 0.00834. The van der Waals surface area contributed by atoms with Gasteiger partial charge in [-0.25, -0.2) is 18.2 Å². The molecule has 4 heterocycles. The average molecular weight is 763 g/mol. The molecular weight excluding hydrogens is 717 g/mol. The number of anilines is 1. The third kappa shape index (κ3) is 7.21. The van der Waals surface area contributed by atoms with E-state index in [9.17, 15) is 27.6 Å². The van der Waals surface area contributed by atoms with E-state index in [0.717, 1.165) is 67.3 Å². The van der Waals surface area contributed by atoms with Gasteiger partial charge in [0.1, 0.15) is 23.7 Å². The second-order valence-corrected chi connectivity index (χ2v) is 18.2. The van der Waals surface area contributed by atoms with E-state index in [1.807, 2.05) is 23.6 Å². The Kier molecular flexibility index (Phi) is 9.58. The van der Waals surface area contributed by atoms with Gasteiger partial charge in [-0.1, -0.05) is 49.3 Å². The SMILES string of the molecule is C=C[C@@H]1C[C@]1(NC(=O)[C@@H]1C[C@@H]2CN1C(=O)[C@H](C1CCCC1)Nc1nc(cs1)CCCC=Cc1cccc3c1CN(C3)C(=O)O2)C(=O)NS(=O)(=O)C1CC1. The van der Waals surface area contributed by atoms with Crippen molar-refractivity contribution in [2.75, 3.05) is 11.9 Å². The molecule has 4 amide bonds. The number of hydrogen-bond donors (Lipinski definition) is 3. The maximum Gasteiger partial charge on any atom is 0.410 e. The van der Waals surface area contributed by atoms with Gasteiger partial charge < -0.3 is 20.3 Å². The maximum absolute atomic E-state index is 14.7. The molecule has 8 rings (SSSR count). The van der Waals surface area contributed by atoms with Crippen LogP contribution in [-0.4, -0.2) is 82.5 Å². The normalized spacial score (nSPS) is 29.0. The Labute approximate surface area is 313 Å². The summed E-state index contributed by atoms with van der Waals surface area (Å²) in [4.78, 5) is 64.2. The number of benzene rings is 1. The average Bonchev–Trinajstić information content (AvgIpc) is 3.77. The quantitative estimate of drug-likeness (QED) is 0.350. The van der Waals surface area contributed by atoms with E-state index in [0.29, 0.717) is 31.1 Å². The fourth-order valence-electron chi connectivity index (χ4n) is 8.43. The van der Waals surface area contributed by atoms with Gasteiger partial charge in [-0.15, -0.1) is 17.9 Å². The number of carbonyl (C=O) groups is 4. The molecule has 6 bridgehead atoms. The summed E-state index contributed by atoms with van der Waals surface area (Å²) in [6.45, 7) is 4.56. The summed E-state index contributed by atoms with van der Waals surface area (Å²) < 4.78 is 33.7. The van der Waals surface area contributed by atoms with Crippen molar-refractivity contribution in [1.29, 1.82) is 0 Å². The van der Waals surface area contributed by atoms with Gasteiger partial charge >= 0.3 is 6.09 Å². The van der Waals surface area contributed by atoms with Crippen LogP contribution >= 0.6 is 11.3 Å². The van der Waals surface area contributed by atoms with E-state index in [1.54, 1.807) is 4.90 Å². The predicted octanol–water partition coefficient (Wildman–Crippen LogP) is 4.25. The van der Waals surface area contributed by atoms with Gasteiger partial charge in [0.05, 0.1) is 24.0 Å². The van der Waals surface area contributed by atoms with Gasteiger partial charge in [-0.05, 0) is 74.0 Å². The standard InChI is InChI=1S/C38H46N6O7S2/c1-2-26-18-38(26,35(47)42-53(49,50)29-15-16-29)41-33(45)31-17-28-20-44(31)34(46)32(24-10-6-7-11-24)40-36-39-27(22-52-36)14-5-3-4-9-23-12-8-13-25-19-43(21-30(23)25)37(48)51-28/h2,4,8-9,12-13,22,24,26,28-29,31-32H,1,3,5-7,10-11,14-21H2,(H,39,40)(H,41,45)(H,42,47)/t26-,28-,31+,32+,38-/m1/s1. The molecule has 1 aromatic heterocycles. The number of amides is 4. The highest BCUT2D eigenvalue weighted by Crippen LogP contribution is 2.46. The highest BCUT2D eigenvalue weighted by atomic mass is 32.2. The molecule has 3 N–H and O–H groups in total. The largest absolute Gasteiger partial charge is 0.444 e. The van der Waals surface area contributed by atoms with Crippen molar-refractivity contribution < 1.29 is 32.3 Å². The first-order valence-corrected chi connectivity index (χ1v) is 21.2. The number of allylic oxidation sites excluding steroid dienone is 1. The van der Waals surface area contributed by atoms with Crippen LogP contribution in [0.15, 0.2) is 42.3 Å². The predicted molar refractivity (Wildman–Crippen MR) is 199 cm³/mol. The van der Waals surface area contributed by atoms with Gasteiger partial charge in [0, 0.05) is 24.3 Å². The molecule has 3 aliphatic heterocycles. The van der Waals surface area contributed by atoms with E-state index >= 15 is 0 Å². The molecule has 0 unspecified atom stereocenters. The fraction of sp³-hybridized carbons (Fsp3) is 0.553. The summed E-state index contributed by atoms with van der Waals surface area (Å²) >= 11 is 1.45. The zero-order chi connectivity index (χ0) is 36.9. The molecule has 1 saturated heterocycles. The lowest BCUT2D eigenvalue weighted by molar-refractivity contribution is -0.141. The van der Waals surface area contributed by atoms with Crippen molar-refractivity contribution in [2.24, 2.45) is 11.8 Å². The number of nitrogens with one attached hydrogen (secondary N) is 3. The summed E-state index contributed by atoms with van der Waals surface area (Å²) in [5, 5.41) is 8.32. The molecule has 5 atom stereocenters. The lowest BCUT2D eigenvalue weighted by Crippen LogP contribution is -2.58. The Bertz CT molecular complexity index is 1950. The molecule has 282 valence electrons. The van der Waals surface area contributed by atoms with Crippen molar-refractivity contribution >= 4 is 56.4 Å². The molecule has 1 aromatic carbocycles. The Morgan fingerprint density at radius 3 is 2.68 bits per heavy atom. The molecular formula is C38H46N6O7S2. The topological polar surface area (TPSA) is 167 Å². The van der Waals surface area contributed by atoms with Crippen LogP contribution in [0.3, 0.4) is 0 Å². The Morgan fingerprint density at radius 1 is 1.11 bits per heavy atom. The number of aromatic nitrogens is 1. The van der Waals surface area contributed by atoms with E-state index in [-0.39, 0.29) is 31.2 Å². The zero-order valence-corrected chi connectivity index (χ0v) is 31.3. The van der Waals surface area contributed by atoms with E-state index in [1.165, 1.54) is 22.3 Å². The molecule has 3 aliphatic carbocycles. The van der Waals surface area contributed by atoms with Crippen LogP contribution < -0.4 is 15.4 Å². The second-order valence-electron chi connectivity index (χ2n) is 15.4. The van der Waals surface area contributed by atoms with Gasteiger partial charge in [0.15, 0.2) is 5.13 Å². The Hall–Kier alpha value is -4.24. The number of rotatable bonds is 7. The molecule has 0 radical (unpaired) electrons. The highest BCUT2D eigenvalue weighted by molar-refractivity contribution is 7.91. The van der Waals surface area contributed by atoms with Crippen molar-refractivity contribution in [3.8, 4) is 0 Å². The molecule has 6 aliphatic rings. The number of thiazole rings is 1. The highest BCUT2D eigenvalue weighted by Gasteiger charge is 2.62. The van der Waals surface area contributed by atoms with Gasteiger partial charge in [0.2, 0.25) is 21.8 Å². The number of sulfonamides is 1. The first-order chi connectivity index (χ1) is 25.5. The first kappa shape index (κ1) is 35.8. The van der Waals surface area contributed by atoms with Crippen LogP contribution in [0.1, 0.15) is 86.6 Å². The van der Waals surface area contributed by atoms with Crippen LogP contribution in [0.5, 0.6) is 0 Å². The summed E-state index contributed by atoms with van der Waals surface area (Å²) in [6.07, 6.45) is 11.9. The van der Waals surface area contributed by atoms with E-state index in [2.05, 4.69) is 34.1 Å². The van der Waals surface area contributed by atoms with Crippen molar-refractivity contribution in [1.82, 2.24) is 24.8 Å². The molecule has 0 spiro atoms. The van der Waals surface area contributed by atoms with Crippen LogP contribution in [0.2, 0.25) is 0 Å². The number of nitrogens with zero attached hydrogens (tertiary/aromatic N) is 3. The smallest absolute Gasteiger partial charge is 0.410 e. The van der Waals surface area contributed by atoms with E-state index in [4.69, 9.17) is 9.72 Å². The van der Waals surface area contributed by atoms with Gasteiger partial charge in [-0.2, -0.15) is 0 Å². The monoisotopic (exact) mass is 762 g/mol. The lowest BCUT2D eigenvalue weighted by atomic mass is 9.96. The van der Waals surface area contributed by atoms with Crippen LogP contribution in [-0.2, 0) is 48.7 Å². The molecule has 13 nitrogen and oxygen atoms in total. The minimum atomic E-state index is -3.87. The van der Waals surface area contributed by atoms with Crippen molar-refractivity contribution in [3.63, 3.8) is 0 Å². The van der Waals surface area contributed by atoms with Crippen LogP contribution in [0.25, 0.3) is 6.08 Å². The summed E-state index contributed by atoms with van der Waals surface area (Å²) in [5.41, 5.74) is 2.61. The zero-order valence-electron chi connectivity index (χ0n) is 29.6. The van der Waals surface area contributed by atoms with Gasteiger partial charge in [0.25, 0.3) is 5.91 Å². The maximum atomic E-state index is 14.7. The number of carbonyl (C=O) groups excluding carboxylic acids is 4. The summed E-state index contributed by atoms with van der Waals surface area (Å²) in [7, 11) is -3.87. The minimum Gasteiger partial charge on any atom is -0.444 e. The molecule has 15 heteroatoms. The number of aryl methyl sites for hydroxylation is 1. The third-order valence-electron chi connectivity index (χ3n) is 11.7. The molecule has 2 aromatic rings. The van der Waals surface area contributed by atoms with E-state index < -0.39 is 62.8 Å². The van der Waals surface area contributed by atoms with Crippen molar-refractivity contribution in [3.05, 3.63) is 64.7 Å². The summed E-state index contributed by atoms with van der Waals surface area (Å²) in [5.74, 6) is -2.18. The number of hydrogen-bond acceptors (Lipinski definition) is 10. The lowest BCUT2D eigenvalue weighted by Gasteiger charge is -2.32. The molecule has 4 fully saturated rings. The first-order valence-electron chi connectivity index (χ1n) is 18.8. The Morgan fingerprint density at radius 2 is 1.92 bits per heavy atom. The van der Waals surface area contributed by atoms with Crippen molar-refractivity contribution in [2.45, 2.75) is 113 Å². The van der Waals surface area contributed by atoms with Crippen LogP contribution in [0, 0.1) is 11.8 Å². The fourth-order valence-corrected chi connectivity index (χ4v) is 10.6.